The van der Waals surface area contributed by atoms with Crippen molar-refractivity contribution in [3.05, 3.63) is 29.8 Å². The van der Waals surface area contributed by atoms with E-state index in [2.05, 4.69) is 10.6 Å². The van der Waals surface area contributed by atoms with Crippen LogP contribution in [0.5, 0.6) is 0 Å². The molecule has 0 saturated carbocycles. The fourth-order valence-corrected chi connectivity index (χ4v) is 4.88. The minimum atomic E-state index is -3.57. The minimum absolute atomic E-state index is 0.0708. The SMILES string of the molecule is COCCNC(=O)[C@@H](NC(=O)C1CCN(S(=O)(=O)c2ccc(C)cc2)CC1)C(C)C. The van der Waals surface area contributed by atoms with Gasteiger partial charge in [-0.1, -0.05) is 31.5 Å². The third kappa shape index (κ3) is 6.26. The maximum Gasteiger partial charge on any atom is 0.243 e. The fraction of sp³-hybridized carbons (Fsp3) is 0.619. The highest BCUT2D eigenvalue weighted by Crippen LogP contribution is 2.24. The van der Waals surface area contributed by atoms with E-state index in [1.807, 2.05) is 20.8 Å². The molecule has 9 heteroatoms. The van der Waals surface area contributed by atoms with Crippen LogP contribution in [0.2, 0.25) is 0 Å². The molecule has 0 radical (unpaired) electrons. The molecule has 0 aromatic heterocycles. The summed E-state index contributed by atoms with van der Waals surface area (Å²) in [4.78, 5) is 25.4. The summed E-state index contributed by atoms with van der Waals surface area (Å²) in [5, 5.41) is 5.60. The van der Waals surface area contributed by atoms with Gasteiger partial charge in [-0.2, -0.15) is 4.31 Å². The molecule has 2 N–H and O–H groups in total. The number of carbonyl (C=O) groups is 2. The Morgan fingerprint density at radius 3 is 2.30 bits per heavy atom. The van der Waals surface area contributed by atoms with Crippen molar-refractivity contribution >= 4 is 21.8 Å². The van der Waals surface area contributed by atoms with Crippen molar-refractivity contribution in [3.8, 4) is 0 Å². The van der Waals surface area contributed by atoms with Gasteiger partial charge >= 0.3 is 0 Å². The molecule has 1 aliphatic heterocycles. The highest BCUT2D eigenvalue weighted by molar-refractivity contribution is 7.89. The number of benzene rings is 1. The van der Waals surface area contributed by atoms with Crippen molar-refractivity contribution < 1.29 is 22.7 Å². The van der Waals surface area contributed by atoms with E-state index in [0.29, 0.717) is 26.0 Å². The summed E-state index contributed by atoms with van der Waals surface area (Å²) in [5.41, 5.74) is 0.996. The number of aryl methyl sites for hydroxylation is 1. The first-order chi connectivity index (χ1) is 14.2. The third-order valence-electron chi connectivity index (χ3n) is 5.34. The predicted molar refractivity (Wildman–Crippen MR) is 114 cm³/mol. The summed E-state index contributed by atoms with van der Waals surface area (Å²) < 4.78 is 32.0. The molecule has 1 aliphatic rings. The molecule has 2 rings (SSSR count). The number of hydrogen-bond donors (Lipinski definition) is 2. The molecule has 1 saturated heterocycles. The Morgan fingerprint density at radius 1 is 1.17 bits per heavy atom. The molecule has 0 unspecified atom stereocenters. The van der Waals surface area contributed by atoms with Crippen LogP contribution in [0.25, 0.3) is 0 Å². The van der Waals surface area contributed by atoms with Gasteiger partial charge in [0.05, 0.1) is 11.5 Å². The number of methoxy groups -OCH3 is 1. The molecule has 1 heterocycles. The summed E-state index contributed by atoms with van der Waals surface area (Å²) in [6, 6.07) is 6.13. The molecule has 0 aliphatic carbocycles. The molecule has 1 fully saturated rings. The lowest BCUT2D eigenvalue weighted by Gasteiger charge is -2.32. The molecule has 0 spiro atoms. The highest BCUT2D eigenvalue weighted by Gasteiger charge is 2.34. The molecule has 168 valence electrons. The Bertz CT molecular complexity index is 816. The molecule has 2 amide bonds. The van der Waals surface area contributed by atoms with Crippen molar-refractivity contribution in [2.45, 2.75) is 44.6 Å². The van der Waals surface area contributed by atoms with Crippen molar-refractivity contribution in [1.82, 2.24) is 14.9 Å². The van der Waals surface area contributed by atoms with Crippen molar-refractivity contribution in [1.29, 1.82) is 0 Å². The number of sulfonamides is 1. The van der Waals surface area contributed by atoms with Gasteiger partial charge in [-0.15, -0.1) is 0 Å². The Morgan fingerprint density at radius 2 is 1.77 bits per heavy atom. The lowest BCUT2D eigenvalue weighted by Crippen LogP contribution is -2.52. The molecule has 0 bridgehead atoms. The van der Waals surface area contributed by atoms with Gasteiger partial charge in [-0.3, -0.25) is 9.59 Å². The number of amides is 2. The number of piperidine rings is 1. The maximum absolute atomic E-state index is 12.8. The first-order valence-electron chi connectivity index (χ1n) is 10.3. The normalized spacial score (nSPS) is 17.0. The maximum atomic E-state index is 12.8. The molecular formula is C21H33N3O5S. The van der Waals surface area contributed by atoms with Crippen LogP contribution in [0, 0.1) is 18.8 Å². The number of hydrogen-bond acceptors (Lipinski definition) is 5. The smallest absolute Gasteiger partial charge is 0.243 e. The Hall–Kier alpha value is -1.97. The van der Waals surface area contributed by atoms with E-state index in [1.54, 1.807) is 31.4 Å². The first kappa shape index (κ1) is 24.3. The lowest BCUT2D eigenvalue weighted by molar-refractivity contribution is -0.132. The van der Waals surface area contributed by atoms with Gasteiger partial charge in [0, 0.05) is 32.7 Å². The van der Waals surface area contributed by atoms with Gasteiger partial charge < -0.3 is 15.4 Å². The summed E-state index contributed by atoms with van der Waals surface area (Å²) in [5.74, 6) is -0.834. The molecule has 8 nitrogen and oxygen atoms in total. The summed E-state index contributed by atoms with van der Waals surface area (Å²) in [6.45, 7) is 6.99. The number of nitrogens with zero attached hydrogens (tertiary/aromatic N) is 1. The van der Waals surface area contributed by atoms with Gasteiger partial charge in [0.1, 0.15) is 6.04 Å². The third-order valence-corrected chi connectivity index (χ3v) is 7.25. The van der Waals surface area contributed by atoms with Crippen LogP contribution in [0.1, 0.15) is 32.3 Å². The van der Waals surface area contributed by atoms with Crippen LogP contribution in [-0.2, 0) is 24.3 Å². The monoisotopic (exact) mass is 439 g/mol. The van der Waals surface area contributed by atoms with Crippen molar-refractivity contribution in [2.24, 2.45) is 11.8 Å². The second-order valence-corrected chi connectivity index (χ2v) is 9.94. The van der Waals surface area contributed by atoms with Gasteiger partial charge in [-0.05, 0) is 37.8 Å². The van der Waals surface area contributed by atoms with Crippen LogP contribution in [0.3, 0.4) is 0 Å². The number of rotatable bonds is 9. The minimum Gasteiger partial charge on any atom is -0.383 e. The van der Waals surface area contributed by atoms with E-state index in [-0.39, 0.29) is 41.6 Å². The Kier molecular flexibility index (Phi) is 8.81. The largest absolute Gasteiger partial charge is 0.383 e. The molecule has 1 aromatic carbocycles. The van der Waals surface area contributed by atoms with Gasteiger partial charge in [0.2, 0.25) is 21.8 Å². The van der Waals surface area contributed by atoms with E-state index < -0.39 is 16.1 Å². The number of ether oxygens (including phenoxy) is 1. The van der Waals surface area contributed by atoms with E-state index in [1.165, 1.54) is 4.31 Å². The van der Waals surface area contributed by atoms with Crippen LogP contribution < -0.4 is 10.6 Å². The molecule has 30 heavy (non-hydrogen) atoms. The molecular weight excluding hydrogens is 406 g/mol. The summed E-state index contributed by atoms with van der Waals surface area (Å²) in [6.07, 6.45) is 0.847. The van der Waals surface area contributed by atoms with Gasteiger partial charge in [0.15, 0.2) is 0 Å². The lowest BCUT2D eigenvalue weighted by atomic mass is 9.95. The second-order valence-electron chi connectivity index (χ2n) is 8.01. The van der Waals surface area contributed by atoms with Crippen LogP contribution in [0.15, 0.2) is 29.2 Å². The summed E-state index contributed by atoms with van der Waals surface area (Å²) >= 11 is 0. The topological polar surface area (TPSA) is 105 Å². The molecule has 1 aromatic rings. The summed E-state index contributed by atoms with van der Waals surface area (Å²) in [7, 11) is -2.01. The zero-order valence-electron chi connectivity index (χ0n) is 18.2. The van der Waals surface area contributed by atoms with Gasteiger partial charge in [0.25, 0.3) is 0 Å². The Balaban J connectivity index is 1.94. The van der Waals surface area contributed by atoms with E-state index in [9.17, 15) is 18.0 Å². The van der Waals surface area contributed by atoms with Gasteiger partial charge in [-0.25, -0.2) is 8.42 Å². The average molecular weight is 440 g/mol. The van der Waals surface area contributed by atoms with E-state index in [0.717, 1.165) is 5.56 Å². The number of carbonyl (C=O) groups excluding carboxylic acids is 2. The highest BCUT2D eigenvalue weighted by atomic mass is 32.2. The zero-order chi connectivity index (χ0) is 22.3. The zero-order valence-corrected chi connectivity index (χ0v) is 19.0. The fourth-order valence-electron chi connectivity index (χ4n) is 3.41. The van der Waals surface area contributed by atoms with Crippen molar-refractivity contribution in [2.75, 3.05) is 33.4 Å². The van der Waals surface area contributed by atoms with Crippen LogP contribution >= 0.6 is 0 Å². The second kappa shape index (κ2) is 10.9. The average Bonchev–Trinajstić information content (AvgIpc) is 2.72. The van der Waals surface area contributed by atoms with Crippen molar-refractivity contribution in [3.63, 3.8) is 0 Å². The van der Waals surface area contributed by atoms with E-state index in [4.69, 9.17) is 4.74 Å². The standard InChI is InChI=1S/C21H33N3O5S/c1-15(2)19(21(26)22-11-14-29-4)23-20(25)17-9-12-24(13-10-17)30(27,28)18-7-5-16(3)6-8-18/h5-8,15,17,19H,9-14H2,1-4H3,(H,22,26)(H,23,25)/t19-/m0/s1. The van der Waals surface area contributed by atoms with Crippen LogP contribution in [0.4, 0.5) is 0 Å². The van der Waals surface area contributed by atoms with E-state index >= 15 is 0 Å². The number of nitrogens with one attached hydrogen (secondary N) is 2. The predicted octanol–water partition coefficient (Wildman–Crippen LogP) is 1.30. The Labute approximate surface area is 179 Å². The quantitative estimate of drug-likeness (QED) is 0.565. The van der Waals surface area contributed by atoms with Crippen LogP contribution in [-0.4, -0.2) is 63.9 Å². The molecule has 1 atom stereocenters. The first-order valence-corrected chi connectivity index (χ1v) is 11.7.